The molecule has 0 radical (unpaired) electrons. The Morgan fingerprint density at radius 2 is 1.54 bits per heavy atom. The molecular weight excluding hydrogens is 322 g/mol. The monoisotopic (exact) mass is 343 g/mol. The Hall–Kier alpha value is -2.80. The van der Waals surface area contributed by atoms with Crippen molar-refractivity contribution in [3.63, 3.8) is 0 Å². The lowest BCUT2D eigenvalue weighted by Crippen LogP contribution is -2.17. The predicted molar refractivity (Wildman–Crippen MR) is 100 cm³/mol. The zero-order valence-corrected chi connectivity index (χ0v) is 14.4. The summed E-state index contributed by atoms with van der Waals surface area (Å²) in [6.45, 7) is 6.98. The van der Waals surface area contributed by atoms with Crippen LogP contribution in [0.15, 0.2) is 53.7 Å². The second kappa shape index (κ2) is 5.60. The number of hydrogen-bond donors (Lipinski definition) is 2. The van der Waals surface area contributed by atoms with Crippen LogP contribution >= 0.6 is 0 Å². The van der Waals surface area contributed by atoms with Gasteiger partial charge in [-0.15, -0.1) is 0 Å². The normalized spacial score (nSPS) is 34.3. The number of oxime groups is 1. The molecule has 2 aromatic carbocycles. The molecule has 0 aliphatic heterocycles. The molecule has 26 heavy (non-hydrogen) atoms. The lowest BCUT2D eigenvalue weighted by molar-refractivity contribution is 0.316. The smallest absolute Gasteiger partial charge is 0.235 e. The van der Waals surface area contributed by atoms with Crippen LogP contribution < -0.4 is 5.73 Å². The van der Waals surface area contributed by atoms with E-state index in [4.69, 9.17) is 17.5 Å². The Kier molecular flexibility index (Phi) is 3.33. The van der Waals surface area contributed by atoms with Crippen molar-refractivity contribution in [1.82, 2.24) is 0 Å². The van der Waals surface area contributed by atoms with E-state index in [0.717, 1.165) is 12.8 Å². The van der Waals surface area contributed by atoms with Gasteiger partial charge in [-0.3, -0.25) is 0 Å². The van der Waals surface area contributed by atoms with Gasteiger partial charge in [-0.1, -0.05) is 53.7 Å². The first-order valence-corrected chi connectivity index (χ1v) is 9.24. The van der Waals surface area contributed by atoms with Gasteiger partial charge in [-0.2, -0.15) is 0 Å². The van der Waals surface area contributed by atoms with Crippen LogP contribution in [0.3, 0.4) is 0 Å². The molecule has 6 rings (SSSR count). The number of hydrogen-bond acceptors (Lipinski definition) is 2. The summed E-state index contributed by atoms with van der Waals surface area (Å²) in [5.41, 5.74) is 11.4. The lowest BCUT2D eigenvalue weighted by Gasteiger charge is -2.05. The highest BCUT2D eigenvalue weighted by Crippen LogP contribution is 2.61. The van der Waals surface area contributed by atoms with Crippen LogP contribution in [0.2, 0.25) is 0 Å². The fourth-order valence-corrected chi connectivity index (χ4v) is 5.31. The van der Waals surface area contributed by atoms with Gasteiger partial charge in [0.1, 0.15) is 5.84 Å². The maximum atomic E-state index is 8.61. The topological polar surface area (TPSA) is 63.0 Å². The summed E-state index contributed by atoms with van der Waals surface area (Å²) >= 11 is 0. The van der Waals surface area contributed by atoms with Crippen molar-refractivity contribution in [3.8, 4) is 0 Å². The zero-order chi connectivity index (χ0) is 17.8. The van der Waals surface area contributed by atoms with Crippen molar-refractivity contribution >= 4 is 5.84 Å². The van der Waals surface area contributed by atoms with E-state index in [9.17, 15) is 0 Å². The molecule has 2 saturated carbocycles. The third-order valence-electron chi connectivity index (χ3n) is 6.64. The van der Waals surface area contributed by atoms with Gasteiger partial charge in [-0.05, 0) is 46.9 Å². The van der Waals surface area contributed by atoms with Gasteiger partial charge in [0, 0.05) is 5.92 Å². The molecule has 4 heteroatoms. The molecule has 3 N–H and O–H groups in total. The van der Waals surface area contributed by atoms with E-state index in [1.54, 1.807) is 0 Å². The molecule has 0 spiro atoms. The second-order valence-electron chi connectivity index (χ2n) is 7.86. The van der Waals surface area contributed by atoms with E-state index in [1.807, 2.05) is 0 Å². The fraction of sp³-hybridized carbons (Fsp3) is 0.364. The van der Waals surface area contributed by atoms with E-state index in [-0.39, 0.29) is 5.92 Å². The molecule has 0 aromatic heterocycles. The van der Waals surface area contributed by atoms with Crippen molar-refractivity contribution in [2.75, 3.05) is 0 Å². The van der Waals surface area contributed by atoms with E-state index < -0.39 is 0 Å². The highest BCUT2D eigenvalue weighted by molar-refractivity contribution is 5.87. The predicted octanol–water partition coefficient (Wildman–Crippen LogP) is 3.56. The van der Waals surface area contributed by atoms with Crippen LogP contribution in [0.5, 0.6) is 0 Å². The van der Waals surface area contributed by atoms with Gasteiger partial charge in [0.05, 0.1) is 11.8 Å². The number of amidine groups is 1. The van der Waals surface area contributed by atoms with Crippen LogP contribution in [0.4, 0.5) is 0 Å². The molecule has 4 nitrogen and oxygen atoms in total. The zero-order valence-electron chi connectivity index (χ0n) is 14.4. The van der Waals surface area contributed by atoms with Crippen molar-refractivity contribution in [3.05, 3.63) is 82.2 Å². The first-order chi connectivity index (χ1) is 12.7. The third-order valence-corrected chi connectivity index (χ3v) is 6.64. The molecule has 2 fully saturated rings. The number of rotatable bonds is 1. The molecule has 0 saturated heterocycles. The van der Waals surface area contributed by atoms with Gasteiger partial charge in [0.15, 0.2) is 0 Å². The Labute approximate surface area is 153 Å². The highest BCUT2D eigenvalue weighted by Gasteiger charge is 2.62. The summed E-state index contributed by atoms with van der Waals surface area (Å²) in [6.07, 6.45) is 2.23. The maximum absolute atomic E-state index is 8.61. The SMILES string of the molecule is N/C(=N/O)[C@H]1[C@@H]2Cc3ccccc3[C@@H]21.[C-]#[N+][C@H]1[C@@H]2Cc3ccccc3[C@@H]21. The van der Waals surface area contributed by atoms with Gasteiger partial charge >= 0.3 is 0 Å². The van der Waals surface area contributed by atoms with Crippen LogP contribution in [-0.2, 0) is 12.8 Å². The van der Waals surface area contributed by atoms with Crippen molar-refractivity contribution in [1.29, 1.82) is 0 Å². The van der Waals surface area contributed by atoms with Crippen LogP contribution in [0, 0.1) is 24.3 Å². The van der Waals surface area contributed by atoms with Crippen LogP contribution in [-0.4, -0.2) is 17.1 Å². The van der Waals surface area contributed by atoms with E-state index in [1.165, 1.54) is 22.3 Å². The first kappa shape index (κ1) is 15.5. The standard InChI is InChI=1S/C11H12N2O.C11H9N/c12-11(13-14)10-8-5-6-3-1-2-4-7(6)9(8)10;1-12-11-9-6-7-4-2-3-5-8(7)10(9)11/h1-4,8-10,14H,5H2,(H2,12,13);2-5,9-11H,6H2/t8-,9+,10+;9-,10+,11+/m11/s1. The van der Waals surface area contributed by atoms with E-state index >= 15 is 0 Å². The second-order valence-corrected chi connectivity index (χ2v) is 7.86. The van der Waals surface area contributed by atoms with Gasteiger partial charge in [-0.25, -0.2) is 6.57 Å². The number of nitrogens with two attached hydrogens (primary N) is 1. The minimum atomic E-state index is 0.287. The summed E-state index contributed by atoms with van der Waals surface area (Å²) in [6, 6.07) is 17.3. The minimum absolute atomic E-state index is 0.287. The quantitative estimate of drug-likeness (QED) is 0.273. The van der Waals surface area contributed by atoms with E-state index in [2.05, 4.69) is 58.5 Å². The van der Waals surface area contributed by atoms with Gasteiger partial charge in [0.25, 0.3) is 0 Å². The summed E-state index contributed by atoms with van der Waals surface area (Å²) in [7, 11) is 0. The fourth-order valence-electron chi connectivity index (χ4n) is 5.31. The van der Waals surface area contributed by atoms with Crippen LogP contribution in [0.25, 0.3) is 4.85 Å². The van der Waals surface area contributed by atoms with Gasteiger partial charge in [0.2, 0.25) is 6.04 Å². The molecule has 0 amide bonds. The Balaban J connectivity index is 0.000000117. The van der Waals surface area contributed by atoms with Crippen molar-refractivity contribution in [2.45, 2.75) is 30.7 Å². The molecule has 0 unspecified atom stereocenters. The number of fused-ring (bicyclic) bond motifs is 6. The molecule has 130 valence electrons. The average molecular weight is 343 g/mol. The van der Waals surface area contributed by atoms with Crippen molar-refractivity contribution in [2.24, 2.45) is 28.6 Å². The molecule has 6 atom stereocenters. The number of nitrogens with zero attached hydrogens (tertiary/aromatic N) is 2. The van der Waals surface area contributed by atoms with Crippen LogP contribution in [0.1, 0.15) is 34.1 Å². The third kappa shape index (κ3) is 2.17. The molecular formula is C22H21N3O. The molecule has 2 aromatic rings. The highest BCUT2D eigenvalue weighted by atomic mass is 16.4. The lowest BCUT2D eigenvalue weighted by atomic mass is 10.0. The molecule has 4 aliphatic carbocycles. The summed E-state index contributed by atoms with van der Waals surface area (Å²) < 4.78 is 0. The Morgan fingerprint density at radius 1 is 0.962 bits per heavy atom. The van der Waals surface area contributed by atoms with Crippen molar-refractivity contribution < 1.29 is 5.21 Å². The average Bonchev–Trinajstić information content (AvgIpc) is 3.48. The first-order valence-electron chi connectivity index (χ1n) is 9.24. The summed E-state index contributed by atoms with van der Waals surface area (Å²) in [4.78, 5) is 3.63. The summed E-state index contributed by atoms with van der Waals surface area (Å²) in [5.74, 6) is 3.05. The number of benzene rings is 2. The van der Waals surface area contributed by atoms with Gasteiger partial charge < -0.3 is 15.8 Å². The minimum Gasteiger partial charge on any atom is -0.409 e. The molecule has 4 aliphatic rings. The summed E-state index contributed by atoms with van der Waals surface area (Å²) in [5, 5.41) is 11.7. The Morgan fingerprint density at radius 3 is 2.15 bits per heavy atom. The largest absolute Gasteiger partial charge is 0.409 e. The van der Waals surface area contributed by atoms with E-state index in [0.29, 0.717) is 35.5 Å². The molecule has 0 bridgehead atoms. The maximum Gasteiger partial charge on any atom is 0.235 e. The molecule has 0 heterocycles. The Bertz CT molecular complexity index is 944.